The Kier molecular flexibility index (Phi) is 13.8. The molecule has 0 radical (unpaired) electrons. The Balaban J connectivity index is 1.46. The molecule has 4 fully saturated rings. The van der Waals surface area contributed by atoms with Crippen molar-refractivity contribution < 1.29 is 104 Å². The first-order valence-corrected chi connectivity index (χ1v) is 15.1. The van der Waals surface area contributed by atoms with Gasteiger partial charge in [-0.2, -0.15) is 0 Å². The summed E-state index contributed by atoms with van der Waals surface area (Å²) in [6.07, 6.45) is -33.2. The third kappa shape index (κ3) is 8.24. The zero-order chi connectivity index (χ0) is 35.6. The van der Waals surface area contributed by atoms with Gasteiger partial charge >= 0.3 is 0 Å². The van der Waals surface area contributed by atoms with E-state index >= 15 is 0 Å². The molecule has 0 unspecified atom stereocenters. The van der Waals surface area contributed by atoms with Gasteiger partial charge in [-0.15, -0.1) is 0 Å². The molecule has 22 nitrogen and oxygen atoms in total. The third-order valence-electron chi connectivity index (χ3n) is 8.59. The van der Waals surface area contributed by atoms with Crippen LogP contribution < -0.4 is 5.32 Å². The van der Waals surface area contributed by atoms with E-state index in [0.717, 1.165) is 6.92 Å². The lowest BCUT2D eigenvalue weighted by Gasteiger charge is -2.47. The zero-order valence-electron chi connectivity index (χ0n) is 25.5. The first-order valence-electron chi connectivity index (χ1n) is 15.1. The number of aliphatic hydroxyl groups is 13. The molecule has 1 amide bonds. The maximum atomic E-state index is 11.7. The van der Waals surface area contributed by atoms with Crippen LogP contribution in [0, 0.1) is 0 Å². The third-order valence-corrected chi connectivity index (χ3v) is 8.59. The van der Waals surface area contributed by atoms with E-state index in [1.165, 1.54) is 0 Å². The SMILES string of the molecule is CC(=O)N[C@@H]1[C@@H](O[C@@H]2O[C@H](CO[C@H]3O[C@H](CO)[C@H](O)[C@H](O[C@@H]4O[C@H](CO)[C@H](O)[C@H](O)[C@H]4O)[C@H]3O)[C@@H](O)[C@H](O)[C@H]2O)[C@H](O)[C@@H](CO)O[C@H]1O. The fourth-order valence-electron chi connectivity index (χ4n) is 5.83. The van der Waals surface area contributed by atoms with E-state index in [4.69, 9.17) is 33.2 Å². The van der Waals surface area contributed by atoms with Gasteiger partial charge in [0.15, 0.2) is 25.2 Å². The van der Waals surface area contributed by atoms with Gasteiger partial charge in [-0.1, -0.05) is 0 Å². The summed E-state index contributed by atoms with van der Waals surface area (Å²) < 4.78 is 38.0. The van der Waals surface area contributed by atoms with E-state index in [1.807, 2.05) is 0 Å². The predicted octanol–water partition coefficient (Wildman–Crippen LogP) is -9.61. The first-order chi connectivity index (χ1) is 22.6. The Morgan fingerprint density at radius 1 is 0.542 bits per heavy atom. The highest BCUT2D eigenvalue weighted by Gasteiger charge is 2.53. The van der Waals surface area contributed by atoms with Gasteiger partial charge in [0.1, 0.15) is 97.6 Å². The summed E-state index contributed by atoms with van der Waals surface area (Å²) in [4.78, 5) is 11.7. The number of ether oxygens (including phenoxy) is 7. The van der Waals surface area contributed by atoms with Crippen LogP contribution in [0.1, 0.15) is 6.92 Å². The largest absolute Gasteiger partial charge is 0.394 e. The highest BCUT2D eigenvalue weighted by Crippen LogP contribution is 2.32. The van der Waals surface area contributed by atoms with Crippen molar-refractivity contribution in [1.29, 1.82) is 0 Å². The number of carbonyl (C=O) groups excluding carboxylic acids is 1. The van der Waals surface area contributed by atoms with E-state index in [0.29, 0.717) is 0 Å². The minimum Gasteiger partial charge on any atom is -0.394 e. The second kappa shape index (κ2) is 16.8. The molecule has 20 atom stereocenters. The molecule has 0 bridgehead atoms. The molecule has 4 heterocycles. The van der Waals surface area contributed by atoms with E-state index in [1.54, 1.807) is 0 Å². The lowest BCUT2D eigenvalue weighted by molar-refractivity contribution is -0.369. The highest BCUT2D eigenvalue weighted by molar-refractivity contribution is 5.73. The van der Waals surface area contributed by atoms with Crippen molar-refractivity contribution in [1.82, 2.24) is 5.32 Å². The fourth-order valence-corrected chi connectivity index (χ4v) is 5.83. The molecule has 0 saturated carbocycles. The van der Waals surface area contributed by atoms with Gasteiger partial charge in [0.25, 0.3) is 0 Å². The molecular weight excluding hydrogens is 662 g/mol. The van der Waals surface area contributed by atoms with Crippen molar-refractivity contribution in [2.24, 2.45) is 0 Å². The molecule has 0 aromatic carbocycles. The molecule has 0 aromatic rings. The maximum Gasteiger partial charge on any atom is 0.217 e. The molecule has 14 N–H and O–H groups in total. The van der Waals surface area contributed by atoms with Gasteiger partial charge in [0, 0.05) is 6.92 Å². The van der Waals surface area contributed by atoms with Crippen LogP contribution in [0.5, 0.6) is 0 Å². The van der Waals surface area contributed by atoms with Crippen LogP contribution in [0.2, 0.25) is 0 Å². The number of rotatable bonds is 11. The summed E-state index contributed by atoms with van der Waals surface area (Å²) in [5.41, 5.74) is 0. The molecule has 0 aromatic heterocycles. The van der Waals surface area contributed by atoms with Gasteiger partial charge in [-0.25, -0.2) is 0 Å². The number of aliphatic hydroxyl groups excluding tert-OH is 13. The summed E-state index contributed by atoms with van der Waals surface area (Å²) in [7, 11) is 0. The molecule has 4 aliphatic rings. The second-order valence-electron chi connectivity index (χ2n) is 11.9. The summed E-state index contributed by atoms with van der Waals surface area (Å²) in [5.74, 6) is -0.677. The summed E-state index contributed by atoms with van der Waals surface area (Å²) in [5, 5.41) is 136. The monoisotopic (exact) mass is 707 g/mol. The van der Waals surface area contributed by atoms with E-state index in [9.17, 15) is 71.2 Å². The van der Waals surface area contributed by atoms with Crippen LogP contribution in [-0.2, 0) is 38.0 Å². The number of hydrogen-bond acceptors (Lipinski definition) is 21. The Hall–Kier alpha value is -1.33. The average molecular weight is 708 g/mol. The zero-order valence-corrected chi connectivity index (χ0v) is 25.5. The van der Waals surface area contributed by atoms with Crippen LogP contribution in [-0.4, -0.2) is 221 Å². The number of amides is 1. The van der Waals surface area contributed by atoms with Crippen molar-refractivity contribution >= 4 is 5.91 Å². The fraction of sp³-hybridized carbons (Fsp3) is 0.962. The molecule has 22 heteroatoms. The lowest BCUT2D eigenvalue weighted by atomic mass is 9.95. The summed E-state index contributed by atoms with van der Waals surface area (Å²) >= 11 is 0. The average Bonchev–Trinajstić information content (AvgIpc) is 3.05. The highest BCUT2D eigenvalue weighted by atomic mass is 16.8. The Labute approximate surface area is 272 Å². The van der Waals surface area contributed by atoms with Crippen molar-refractivity contribution in [3.8, 4) is 0 Å². The smallest absolute Gasteiger partial charge is 0.217 e. The predicted molar refractivity (Wildman–Crippen MR) is 145 cm³/mol. The minimum atomic E-state index is -1.98. The van der Waals surface area contributed by atoms with Crippen molar-refractivity contribution in [2.75, 3.05) is 26.4 Å². The van der Waals surface area contributed by atoms with Gasteiger partial charge in [0.2, 0.25) is 5.91 Å². The Morgan fingerprint density at radius 2 is 0.979 bits per heavy atom. The summed E-state index contributed by atoms with van der Waals surface area (Å²) in [6, 6.07) is -1.46. The molecule has 0 spiro atoms. The Bertz CT molecular complexity index is 1030. The molecular formula is C26H45NO21. The number of carbonyl (C=O) groups is 1. The maximum absolute atomic E-state index is 11.7. The van der Waals surface area contributed by atoms with Crippen molar-refractivity contribution in [3.63, 3.8) is 0 Å². The normalized spacial score (nSPS) is 50.2. The Morgan fingerprint density at radius 3 is 1.52 bits per heavy atom. The standard InChI is InChI=1S/C26H45NO21/c1-6(31)27-11-21(14(34)8(3-29)43-23(11)41)47-26-19(39)17(37)13(33)10(46-26)5-42-24-20(40)22(15(35)9(4-30)44-24)48-25-18(38)16(36)12(32)7(2-28)45-25/h7-26,28-30,32-41H,2-5H2,1H3,(H,27,31)/t7-,8-,9-,10-,11-,12+,13-,14-,15+,16+,17+,18-,19-,20-,21-,22+,23-,24+,25+,26+/m1/s1. The van der Waals surface area contributed by atoms with Gasteiger partial charge in [0.05, 0.1) is 26.4 Å². The quantitative estimate of drug-likeness (QED) is 0.0947. The molecule has 48 heavy (non-hydrogen) atoms. The van der Waals surface area contributed by atoms with Crippen LogP contribution in [0.25, 0.3) is 0 Å². The topological polar surface area (TPSA) is 357 Å². The van der Waals surface area contributed by atoms with Gasteiger partial charge in [-0.3, -0.25) is 4.79 Å². The van der Waals surface area contributed by atoms with Gasteiger partial charge < -0.3 is 105 Å². The minimum absolute atomic E-state index is 0.677. The van der Waals surface area contributed by atoms with Crippen LogP contribution >= 0.6 is 0 Å². The van der Waals surface area contributed by atoms with E-state index < -0.39 is 155 Å². The molecule has 4 rings (SSSR count). The van der Waals surface area contributed by atoms with Crippen LogP contribution in [0.15, 0.2) is 0 Å². The molecule has 4 saturated heterocycles. The number of nitrogens with one attached hydrogen (secondary N) is 1. The van der Waals surface area contributed by atoms with Crippen LogP contribution in [0.4, 0.5) is 0 Å². The summed E-state index contributed by atoms with van der Waals surface area (Å²) in [6.45, 7) is -2.09. The molecule has 280 valence electrons. The van der Waals surface area contributed by atoms with Crippen molar-refractivity contribution in [2.45, 2.75) is 130 Å². The van der Waals surface area contributed by atoms with E-state index in [-0.39, 0.29) is 0 Å². The van der Waals surface area contributed by atoms with Gasteiger partial charge in [-0.05, 0) is 0 Å². The first kappa shape index (κ1) is 39.5. The lowest BCUT2D eigenvalue weighted by Crippen LogP contribution is -2.67. The van der Waals surface area contributed by atoms with Crippen LogP contribution in [0.3, 0.4) is 0 Å². The van der Waals surface area contributed by atoms with E-state index in [2.05, 4.69) is 5.32 Å². The number of hydrogen-bond donors (Lipinski definition) is 14. The molecule has 4 aliphatic heterocycles. The molecule has 0 aliphatic carbocycles. The van der Waals surface area contributed by atoms with Crippen molar-refractivity contribution in [3.05, 3.63) is 0 Å². The second-order valence-corrected chi connectivity index (χ2v) is 11.9.